The third-order valence-electron chi connectivity index (χ3n) is 3.09. The number of hydrogen-bond acceptors (Lipinski definition) is 3. The number of carbonyl (C=O) groups is 1. The van der Waals surface area contributed by atoms with Gasteiger partial charge in [-0.25, -0.2) is 4.79 Å². The average molecular weight is 227 g/mol. The van der Waals surface area contributed by atoms with Gasteiger partial charge < -0.3 is 9.47 Å². The second-order valence-electron chi connectivity index (χ2n) is 5.66. The monoisotopic (exact) mass is 227 g/mol. The molecular weight excluding hydrogens is 206 g/mol. The highest BCUT2D eigenvalue weighted by molar-refractivity contribution is 5.69. The lowest BCUT2D eigenvalue weighted by molar-refractivity contribution is -0.0782. The van der Waals surface area contributed by atoms with Crippen molar-refractivity contribution >= 4 is 6.09 Å². The molecule has 0 aromatic heterocycles. The second-order valence-corrected chi connectivity index (χ2v) is 5.66. The molecule has 2 unspecified atom stereocenters. The largest absolute Gasteiger partial charge is 0.444 e. The average Bonchev–Trinajstić information content (AvgIpc) is 2.13. The van der Waals surface area contributed by atoms with Crippen molar-refractivity contribution in [3.63, 3.8) is 0 Å². The van der Waals surface area contributed by atoms with Gasteiger partial charge in [0.05, 0.1) is 25.3 Å². The molecule has 2 bridgehead atoms. The van der Waals surface area contributed by atoms with Gasteiger partial charge in [0, 0.05) is 0 Å². The quantitative estimate of drug-likeness (QED) is 0.636. The highest BCUT2D eigenvalue weighted by atomic mass is 16.6. The Morgan fingerprint density at radius 3 is 2.31 bits per heavy atom. The van der Waals surface area contributed by atoms with Crippen LogP contribution in [0.15, 0.2) is 0 Å². The summed E-state index contributed by atoms with van der Waals surface area (Å²) in [6.45, 7) is 7.04. The van der Waals surface area contributed by atoms with E-state index < -0.39 is 5.60 Å². The second kappa shape index (κ2) is 4.24. The first-order valence-electron chi connectivity index (χ1n) is 6.06. The molecule has 0 aromatic rings. The summed E-state index contributed by atoms with van der Waals surface area (Å²) in [6, 6.07) is 0.449. The number of carbonyl (C=O) groups excluding carboxylic acids is 1. The van der Waals surface area contributed by atoms with Gasteiger partial charge in [-0.05, 0) is 40.0 Å². The molecule has 4 heteroatoms. The normalized spacial score (nSPS) is 30.1. The van der Waals surface area contributed by atoms with Gasteiger partial charge >= 0.3 is 6.09 Å². The standard InChI is InChI=1S/C12H21NO3/c1-12(2,3)16-11(14)13-9-5-4-6-10(13)8-15-7-9/h9-10H,4-8H2,1-3H3. The minimum Gasteiger partial charge on any atom is -0.444 e. The molecule has 4 nitrogen and oxygen atoms in total. The fraction of sp³-hybridized carbons (Fsp3) is 0.917. The van der Waals surface area contributed by atoms with Crippen molar-refractivity contribution in [2.75, 3.05) is 13.2 Å². The first kappa shape index (κ1) is 11.7. The lowest BCUT2D eigenvalue weighted by atomic mass is 9.95. The number of nitrogens with zero attached hydrogens (tertiary/aromatic N) is 1. The summed E-state index contributed by atoms with van der Waals surface area (Å²) in [5.74, 6) is 0. The number of piperidine rings is 1. The van der Waals surface area contributed by atoms with E-state index in [9.17, 15) is 4.79 Å². The van der Waals surface area contributed by atoms with Crippen LogP contribution in [0.5, 0.6) is 0 Å². The summed E-state index contributed by atoms with van der Waals surface area (Å²) in [4.78, 5) is 14.0. The van der Waals surface area contributed by atoms with Crippen LogP contribution in [-0.2, 0) is 9.47 Å². The van der Waals surface area contributed by atoms with Crippen molar-refractivity contribution in [1.29, 1.82) is 0 Å². The molecule has 2 rings (SSSR count). The molecule has 0 aliphatic carbocycles. The fourth-order valence-corrected chi connectivity index (χ4v) is 2.45. The summed E-state index contributed by atoms with van der Waals surface area (Å²) >= 11 is 0. The minimum atomic E-state index is -0.413. The zero-order chi connectivity index (χ0) is 11.8. The van der Waals surface area contributed by atoms with Crippen LogP contribution >= 0.6 is 0 Å². The van der Waals surface area contributed by atoms with Crippen LogP contribution in [0.2, 0.25) is 0 Å². The highest BCUT2D eigenvalue weighted by Gasteiger charge is 2.39. The van der Waals surface area contributed by atoms with E-state index in [4.69, 9.17) is 9.47 Å². The Hall–Kier alpha value is -0.770. The number of rotatable bonds is 0. The fourth-order valence-electron chi connectivity index (χ4n) is 2.45. The molecule has 2 saturated heterocycles. The smallest absolute Gasteiger partial charge is 0.410 e. The van der Waals surface area contributed by atoms with Crippen LogP contribution in [0.1, 0.15) is 40.0 Å². The summed E-state index contributed by atoms with van der Waals surface area (Å²) < 4.78 is 10.9. The maximum atomic E-state index is 12.1. The Balaban J connectivity index is 2.04. The van der Waals surface area contributed by atoms with E-state index in [-0.39, 0.29) is 18.2 Å². The van der Waals surface area contributed by atoms with Gasteiger partial charge in [0.2, 0.25) is 0 Å². The molecule has 0 radical (unpaired) electrons. The van der Waals surface area contributed by atoms with Gasteiger partial charge in [-0.1, -0.05) is 0 Å². The van der Waals surface area contributed by atoms with Gasteiger partial charge in [-0.2, -0.15) is 0 Å². The Morgan fingerprint density at radius 1 is 1.25 bits per heavy atom. The van der Waals surface area contributed by atoms with E-state index >= 15 is 0 Å². The molecule has 16 heavy (non-hydrogen) atoms. The summed E-state index contributed by atoms with van der Waals surface area (Å²) in [5.41, 5.74) is -0.413. The van der Waals surface area contributed by atoms with Crippen molar-refractivity contribution in [3.8, 4) is 0 Å². The molecule has 1 amide bonds. The molecule has 0 N–H and O–H groups in total. The van der Waals surface area contributed by atoms with E-state index in [1.807, 2.05) is 25.7 Å². The third-order valence-corrected chi connectivity index (χ3v) is 3.09. The molecule has 2 atom stereocenters. The lowest BCUT2D eigenvalue weighted by Crippen LogP contribution is -2.58. The predicted octanol–water partition coefficient (Wildman–Crippen LogP) is 2.17. The molecule has 2 aliphatic rings. The van der Waals surface area contributed by atoms with Crippen LogP contribution < -0.4 is 0 Å². The molecule has 0 spiro atoms. The van der Waals surface area contributed by atoms with Gasteiger partial charge in [0.1, 0.15) is 5.60 Å². The van der Waals surface area contributed by atoms with Crippen molar-refractivity contribution in [3.05, 3.63) is 0 Å². The van der Waals surface area contributed by atoms with Gasteiger partial charge in [-0.3, -0.25) is 4.90 Å². The van der Waals surface area contributed by atoms with Crippen molar-refractivity contribution in [1.82, 2.24) is 4.90 Å². The van der Waals surface area contributed by atoms with E-state index in [2.05, 4.69) is 0 Å². The molecule has 0 aromatic carbocycles. The van der Waals surface area contributed by atoms with Crippen molar-refractivity contribution in [2.45, 2.75) is 57.7 Å². The van der Waals surface area contributed by atoms with Crippen molar-refractivity contribution in [2.24, 2.45) is 0 Å². The first-order chi connectivity index (χ1) is 7.47. The molecule has 0 saturated carbocycles. The summed E-state index contributed by atoms with van der Waals surface area (Å²) in [6.07, 6.45) is 3.09. The molecule has 2 fully saturated rings. The van der Waals surface area contributed by atoms with Gasteiger partial charge in [-0.15, -0.1) is 0 Å². The molecule has 92 valence electrons. The lowest BCUT2D eigenvalue weighted by Gasteiger charge is -2.45. The van der Waals surface area contributed by atoms with E-state index in [0.29, 0.717) is 13.2 Å². The predicted molar refractivity (Wildman–Crippen MR) is 60.3 cm³/mol. The Bertz CT molecular complexity index is 250. The topological polar surface area (TPSA) is 38.8 Å². The van der Waals surface area contributed by atoms with Crippen molar-refractivity contribution < 1.29 is 14.3 Å². The number of fused-ring (bicyclic) bond motifs is 2. The Labute approximate surface area is 96.9 Å². The van der Waals surface area contributed by atoms with Crippen LogP contribution in [0.3, 0.4) is 0 Å². The maximum absolute atomic E-state index is 12.1. The van der Waals surface area contributed by atoms with Crippen LogP contribution in [0.4, 0.5) is 4.79 Å². The van der Waals surface area contributed by atoms with Gasteiger partial charge in [0.15, 0.2) is 0 Å². The first-order valence-corrected chi connectivity index (χ1v) is 6.06. The summed E-state index contributed by atoms with van der Waals surface area (Å²) in [7, 11) is 0. The maximum Gasteiger partial charge on any atom is 0.410 e. The van der Waals surface area contributed by atoms with Crippen LogP contribution in [0, 0.1) is 0 Å². The molecule has 2 aliphatic heterocycles. The Morgan fingerprint density at radius 2 is 1.81 bits per heavy atom. The third kappa shape index (κ3) is 2.48. The minimum absolute atomic E-state index is 0.175. The SMILES string of the molecule is CC(C)(C)OC(=O)N1C2CCCC1COC2. The number of ether oxygens (including phenoxy) is 2. The van der Waals surface area contributed by atoms with E-state index in [0.717, 1.165) is 12.8 Å². The highest BCUT2D eigenvalue weighted by Crippen LogP contribution is 2.28. The Kier molecular flexibility index (Phi) is 3.10. The number of amides is 1. The van der Waals surface area contributed by atoms with Gasteiger partial charge in [0.25, 0.3) is 0 Å². The van der Waals surface area contributed by atoms with E-state index in [1.54, 1.807) is 0 Å². The summed E-state index contributed by atoms with van der Waals surface area (Å²) in [5, 5.41) is 0. The van der Waals surface area contributed by atoms with Crippen LogP contribution in [-0.4, -0.2) is 41.9 Å². The molecule has 2 heterocycles. The van der Waals surface area contributed by atoms with Crippen LogP contribution in [0.25, 0.3) is 0 Å². The van der Waals surface area contributed by atoms with E-state index in [1.165, 1.54) is 6.42 Å². The zero-order valence-corrected chi connectivity index (χ0v) is 10.4. The number of morpholine rings is 1. The molecular formula is C12H21NO3. The zero-order valence-electron chi connectivity index (χ0n) is 10.4. The number of hydrogen-bond donors (Lipinski definition) is 0.